The molecule has 1 aliphatic heterocycles. The van der Waals surface area contributed by atoms with Crippen LogP contribution in [-0.2, 0) is 30.2 Å². The molecule has 0 amide bonds. The largest absolute Gasteiger partial charge is 0.478 e. The van der Waals surface area contributed by atoms with Gasteiger partial charge in [-0.3, -0.25) is 9.00 Å². The van der Waals surface area contributed by atoms with Gasteiger partial charge in [-0.25, -0.2) is 13.4 Å². The molecule has 0 saturated carbocycles. The average Bonchev–Trinajstić information content (AvgIpc) is 2.90. The molecule has 6 nitrogen and oxygen atoms in total. The highest BCUT2D eigenvalue weighted by Crippen LogP contribution is 2.41. The van der Waals surface area contributed by atoms with Gasteiger partial charge in [0, 0.05) is 28.7 Å². The Balaban J connectivity index is 2.10. The van der Waals surface area contributed by atoms with Crippen molar-refractivity contribution in [1.82, 2.24) is 4.98 Å². The third-order valence-electron chi connectivity index (χ3n) is 4.40. The van der Waals surface area contributed by atoms with Gasteiger partial charge < -0.3 is 4.74 Å². The van der Waals surface area contributed by atoms with Crippen LogP contribution in [0.5, 0.6) is 0 Å². The maximum atomic E-state index is 13.0. The molecule has 0 saturated heterocycles. The van der Waals surface area contributed by atoms with Crippen LogP contribution in [0.2, 0.25) is 0 Å². The number of benzene rings is 1. The van der Waals surface area contributed by atoms with Crippen molar-refractivity contribution in [3.63, 3.8) is 0 Å². The summed E-state index contributed by atoms with van der Waals surface area (Å²) in [6.45, 7) is 5.21. The number of Topliss-reactive ketones (excluding diaryl/α,β-unsaturated/α-hetero) is 1. The summed E-state index contributed by atoms with van der Waals surface area (Å²) in [5.74, 6) is 0.687. The minimum absolute atomic E-state index is 0.0478. The summed E-state index contributed by atoms with van der Waals surface area (Å²) in [6.07, 6.45) is 2.47. The maximum Gasteiger partial charge on any atom is 0.210 e. The fraction of sp³-hybridized carbons (Fsp3) is 0.300. The van der Waals surface area contributed by atoms with Gasteiger partial charge >= 0.3 is 0 Å². The Morgan fingerprint density at radius 1 is 1.07 bits per heavy atom. The van der Waals surface area contributed by atoms with Gasteiger partial charge in [-0.05, 0) is 43.7 Å². The molecular weight excluding hydrogens is 398 g/mol. The average molecular weight is 420 g/mol. The van der Waals surface area contributed by atoms with Gasteiger partial charge in [-0.1, -0.05) is 19.1 Å². The zero-order chi connectivity index (χ0) is 20.7. The van der Waals surface area contributed by atoms with E-state index in [9.17, 15) is 17.4 Å². The number of rotatable bonds is 5. The minimum Gasteiger partial charge on any atom is -0.478 e. The summed E-state index contributed by atoms with van der Waals surface area (Å²) >= 11 is 0. The molecule has 0 radical (unpaired) electrons. The van der Waals surface area contributed by atoms with Crippen LogP contribution < -0.4 is 0 Å². The van der Waals surface area contributed by atoms with Crippen molar-refractivity contribution in [2.75, 3.05) is 12.0 Å². The number of hydrogen-bond donors (Lipinski definition) is 0. The summed E-state index contributed by atoms with van der Waals surface area (Å²) in [6, 6.07) is 9.94. The predicted molar refractivity (Wildman–Crippen MR) is 108 cm³/mol. The molecular formula is C20H21NO5S2. The Bertz CT molecular complexity index is 1080. The molecule has 148 valence electrons. The van der Waals surface area contributed by atoms with Crippen molar-refractivity contribution in [3.8, 4) is 0 Å². The molecule has 0 spiro atoms. The third kappa shape index (κ3) is 3.79. The van der Waals surface area contributed by atoms with Crippen LogP contribution in [0.15, 0.2) is 52.5 Å². The van der Waals surface area contributed by atoms with Crippen molar-refractivity contribution in [1.29, 1.82) is 0 Å². The van der Waals surface area contributed by atoms with E-state index in [2.05, 4.69) is 4.98 Å². The Kier molecular flexibility index (Phi) is 5.29. The van der Waals surface area contributed by atoms with Crippen LogP contribution in [0, 0.1) is 0 Å². The fourth-order valence-corrected chi connectivity index (χ4v) is 4.23. The molecule has 8 heteroatoms. The van der Waals surface area contributed by atoms with Gasteiger partial charge in [0.05, 0.1) is 16.4 Å². The summed E-state index contributed by atoms with van der Waals surface area (Å²) < 4.78 is 41.1. The second-order valence-electron chi connectivity index (χ2n) is 6.96. The number of ether oxygens (including phenoxy) is 1. The molecule has 2 aromatic rings. The van der Waals surface area contributed by atoms with E-state index in [1.165, 1.54) is 12.3 Å². The monoisotopic (exact) mass is 419 g/mol. The number of carbonyl (C=O) groups is 1. The molecule has 1 atom stereocenters. The Hall–Kier alpha value is -2.32. The van der Waals surface area contributed by atoms with Crippen LogP contribution in [0.4, 0.5) is 0 Å². The van der Waals surface area contributed by atoms with Gasteiger partial charge in [0.2, 0.25) is 5.78 Å². The topological polar surface area (TPSA) is 90.4 Å². The normalized spacial score (nSPS) is 17.5. The molecule has 1 aromatic heterocycles. The van der Waals surface area contributed by atoms with E-state index >= 15 is 0 Å². The first-order chi connectivity index (χ1) is 13.0. The molecule has 1 unspecified atom stereocenters. The molecule has 0 aliphatic carbocycles. The number of nitrogens with zero attached hydrogens (tertiary/aromatic N) is 1. The van der Waals surface area contributed by atoms with Crippen molar-refractivity contribution in [3.05, 3.63) is 53.7 Å². The Morgan fingerprint density at radius 3 is 2.18 bits per heavy atom. The van der Waals surface area contributed by atoms with E-state index < -0.39 is 26.2 Å². The summed E-state index contributed by atoms with van der Waals surface area (Å²) in [5.41, 5.74) is 0.510. The second-order valence-corrected chi connectivity index (χ2v) is 10.7. The van der Waals surface area contributed by atoms with Crippen molar-refractivity contribution < 1.29 is 22.2 Å². The van der Waals surface area contributed by atoms with Gasteiger partial charge in [-0.15, -0.1) is 0 Å². The van der Waals surface area contributed by atoms with E-state index in [1.54, 1.807) is 44.2 Å². The van der Waals surface area contributed by atoms with Gasteiger partial charge in [0.25, 0.3) is 0 Å². The highest BCUT2D eigenvalue weighted by molar-refractivity contribution is 7.90. The summed E-state index contributed by atoms with van der Waals surface area (Å²) in [7, 11) is -4.50. The van der Waals surface area contributed by atoms with Gasteiger partial charge in [0.1, 0.15) is 5.76 Å². The molecule has 1 aromatic carbocycles. The lowest BCUT2D eigenvalue weighted by Crippen LogP contribution is -2.29. The molecule has 28 heavy (non-hydrogen) atoms. The van der Waals surface area contributed by atoms with Crippen molar-refractivity contribution in [2.45, 2.75) is 36.3 Å². The Labute approximate surface area is 167 Å². The summed E-state index contributed by atoms with van der Waals surface area (Å²) in [4.78, 5) is 17.6. The van der Waals surface area contributed by atoms with Crippen molar-refractivity contribution >= 4 is 37.8 Å². The highest BCUT2D eigenvalue weighted by Gasteiger charge is 2.42. The molecule has 1 aliphatic rings. The number of carbonyl (C=O) groups excluding carboxylic acids is 1. The first-order valence-electron chi connectivity index (χ1n) is 8.68. The molecule has 0 bridgehead atoms. The SMILES string of the molecule is CCS(=O)c1ccc(C2=C(c3ccc(S(C)(=O)=O)nc3)OC(C)(C)C2=O)cc1. The van der Waals surface area contributed by atoms with Crippen LogP contribution in [0.25, 0.3) is 11.3 Å². The number of aromatic nitrogens is 1. The zero-order valence-electron chi connectivity index (χ0n) is 16.1. The van der Waals surface area contributed by atoms with Crippen LogP contribution in [0.1, 0.15) is 31.9 Å². The van der Waals surface area contributed by atoms with Crippen LogP contribution >= 0.6 is 0 Å². The van der Waals surface area contributed by atoms with Crippen molar-refractivity contribution in [2.24, 2.45) is 0 Å². The fourth-order valence-electron chi connectivity index (χ4n) is 2.90. The smallest absolute Gasteiger partial charge is 0.210 e. The lowest BCUT2D eigenvalue weighted by Gasteiger charge is -2.17. The number of hydrogen-bond acceptors (Lipinski definition) is 6. The number of pyridine rings is 1. The molecule has 0 N–H and O–H groups in total. The lowest BCUT2D eigenvalue weighted by atomic mass is 9.93. The lowest BCUT2D eigenvalue weighted by molar-refractivity contribution is -0.125. The zero-order valence-corrected chi connectivity index (χ0v) is 17.7. The van der Waals surface area contributed by atoms with Crippen LogP contribution in [0.3, 0.4) is 0 Å². The number of sulfone groups is 1. The first-order valence-corrected chi connectivity index (χ1v) is 11.9. The number of ketones is 1. The predicted octanol–water partition coefficient (Wildman–Crippen LogP) is 2.86. The Morgan fingerprint density at radius 2 is 1.68 bits per heavy atom. The quantitative estimate of drug-likeness (QED) is 0.740. The molecule has 2 heterocycles. The van der Waals surface area contributed by atoms with Crippen LogP contribution in [-0.4, -0.2) is 41.0 Å². The maximum absolute atomic E-state index is 13.0. The van der Waals surface area contributed by atoms with Gasteiger partial charge in [0.15, 0.2) is 20.5 Å². The molecule has 3 rings (SSSR count). The van der Waals surface area contributed by atoms with Gasteiger partial charge in [-0.2, -0.15) is 0 Å². The summed E-state index contributed by atoms with van der Waals surface area (Å²) in [5, 5.41) is -0.0478. The first kappa shape index (κ1) is 20.4. The highest BCUT2D eigenvalue weighted by atomic mass is 32.2. The third-order valence-corrected chi connectivity index (χ3v) is 6.73. The molecule has 0 fully saturated rings. The van der Waals surface area contributed by atoms with E-state index in [0.717, 1.165) is 6.26 Å². The minimum atomic E-state index is -3.42. The standard InChI is InChI=1S/C20H21NO5S2/c1-5-27(23)15-9-6-13(7-10-15)17-18(26-20(2,3)19(17)22)14-8-11-16(21-12-14)28(4,24)25/h6-12H,5H2,1-4H3. The van der Waals surface area contributed by atoms with E-state index in [1.807, 2.05) is 6.92 Å². The van der Waals surface area contributed by atoms with E-state index in [0.29, 0.717) is 33.1 Å². The second kappa shape index (κ2) is 7.25. The van der Waals surface area contributed by atoms with E-state index in [-0.39, 0.29) is 10.8 Å². The van der Waals surface area contributed by atoms with E-state index in [4.69, 9.17) is 4.74 Å².